The van der Waals surface area contributed by atoms with Gasteiger partial charge in [-0.25, -0.2) is 4.98 Å². The van der Waals surface area contributed by atoms with Gasteiger partial charge in [-0.3, -0.25) is 9.89 Å². The van der Waals surface area contributed by atoms with Crippen LogP contribution in [0.15, 0.2) is 40.7 Å². The van der Waals surface area contributed by atoms with Crippen molar-refractivity contribution in [1.29, 1.82) is 0 Å². The highest BCUT2D eigenvalue weighted by atomic mass is 127. The minimum Gasteiger partial charge on any atom is -0.355 e. The van der Waals surface area contributed by atoms with Crippen LogP contribution in [0.4, 0.5) is 0 Å². The van der Waals surface area contributed by atoms with E-state index in [0.717, 1.165) is 49.3 Å². The number of hydrogen-bond donors (Lipinski definition) is 1. The summed E-state index contributed by atoms with van der Waals surface area (Å²) in [6, 6.07) is 11.2. The molecule has 156 valence electrons. The van der Waals surface area contributed by atoms with Gasteiger partial charge in [0.1, 0.15) is 0 Å². The highest BCUT2D eigenvalue weighted by molar-refractivity contribution is 14.0. The van der Waals surface area contributed by atoms with Gasteiger partial charge in [0, 0.05) is 32.1 Å². The Morgan fingerprint density at radius 3 is 2.43 bits per heavy atom. The van der Waals surface area contributed by atoms with Crippen LogP contribution in [0.3, 0.4) is 0 Å². The molecule has 7 heteroatoms. The number of rotatable bonds is 9. The zero-order valence-electron chi connectivity index (χ0n) is 17.7. The fourth-order valence-corrected chi connectivity index (χ4v) is 3.95. The molecule has 0 saturated heterocycles. The maximum Gasteiger partial charge on any atom is 0.193 e. The van der Waals surface area contributed by atoms with Gasteiger partial charge in [0.25, 0.3) is 0 Å². The molecule has 0 saturated carbocycles. The third-order valence-corrected chi connectivity index (χ3v) is 5.60. The van der Waals surface area contributed by atoms with Crippen molar-refractivity contribution in [2.24, 2.45) is 4.99 Å². The topological polar surface area (TPSA) is 43.8 Å². The SMILES string of the molecule is CCN(CC)C(CNC(=NC)N(C)Cc1csc(C)n1)Cc1ccccc1.I. The number of nitrogens with one attached hydrogen (secondary N) is 1. The second-order valence-electron chi connectivity index (χ2n) is 6.71. The number of hydrogen-bond acceptors (Lipinski definition) is 4. The molecule has 2 aromatic rings. The summed E-state index contributed by atoms with van der Waals surface area (Å²) in [6.45, 7) is 10.2. The van der Waals surface area contributed by atoms with Crippen LogP contribution in [0.2, 0.25) is 0 Å². The fraction of sp³-hybridized carbons (Fsp3) is 0.524. The third-order valence-electron chi connectivity index (χ3n) is 4.78. The smallest absolute Gasteiger partial charge is 0.193 e. The van der Waals surface area contributed by atoms with E-state index in [-0.39, 0.29) is 24.0 Å². The Hall–Kier alpha value is -1.19. The van der Waals surface area contributed by atoms with E-state index in [1.807, 2.05) is 14.0 Å². The summed E-state index contributed by atoms with van der Waals surface area (Å²) in [5, 5.41) is 6.80. The average Bonchev–Trinajstić information content (AvgIpc) is 3.08. The summed E-state index contributed by atoms with van der Waals surface area (Å²) < 4.78 is 0. The standard InChI is InChI=1S/C21H33N5S.HI/c1-6-26(7-2)20(13-18-11-9-8-10-12-18)14-23-21(22-4)25(5)15-19-16-27-17(3)24-19;/h8-12,16,20H,6-7,13-15H2,1-5H3,(H,22,23);1H. The molecule has 28 heavy (non-hydrogen) atoms. The molecule has 1 N–H and O–H groups in total. The molecule has 1 aromatic carbocycles. The molecule has 2 rings (SSSR count). The molecule has 5 nitrogen and oxygen atoms in total. The van der Waals surface area contributed by atoms with Gasteiger partial charge in [0.2, 0.25) is 0 Å². The predicted octanol–water partition coefficient (Wildman–Crippen LogP) is 4.03. The number of aromatic nitrogens is 1. The second-order valence-corrected chi connectivity index (χ2v) is 7.77. The molecule has 0 amide bonds. The molecular formula is C21H34IN5S. The van der Waals surface area contributed by atoms with Crippen molar-refractivity contribution in [3.63, 3.8) is 0 Å². The molecule has 0 radical (unpaired) electrons. The lowest BCUT2D eigenvalue weighted by molar-refractivity contribution is 0.214. The molecule has 0 fully saturated rings. The maximum absolute atomic E-state index is 4.56. The average molecular weight is 516 g/mol. The van der Waals surface area contributed by atoms with E-state index in [4.69, 9.17) is 0 Å². The quantitative estimate of drug-likeness (QED) is 0.311. The number of nitrogens with zero attached hydrogens (tertiary/aromatic N) is 4. The number of likely N-dealkylation sites (N-methyl/N-ethyl adjacent to an activating group) is 1. The van der Waals surface area contributed by atoms with E-state index in [1.165, 1.54) is 5.56 Å². The number of aliphatic imine (C=N–C) groups is 1. The van der Waals surface area contributed by atoms with Gasteiger partial charge in [-0.15, -0.1) is 35.3 Å². The maximum atomic E-state index is 4.56. The van der Waals surface area contributed by atoms with E-state index in [2.05, 4.69) is 81.7 Å². The summed E-state index contributed by atoms with van der Waals surface area (Å²) in [6.07, 6.45) is 1.03. The third kappa shape index (κ3) is 7.67. The molecule has 0 spiro atoms. The molecule has 1 aromatic heterocycles. The lowest BCUT2D eigenvalue weighted by Crippen LogP contribution is -2.48. The normalized spacial score (nSPS) is 12.6. The Morgan fingerprint density at radius 2 is 1.89 bits per heavy atom. The predicted molar refractivity (Wildman–Crippen MR) is 132 cm³/mol. The van der Waals surface area contributed by atoms with Crippen molar-refractivity contribution in [1.82, 2.24) is 20.1 Å². The highest BCUT2D eigenvalue weighted by Gasteiger charge is 2.18. The number of benzene rings is 1. The number of thiazole rings is 1. The van der Waals surface area contributed by atoms with Gasteiger partial charge in [0.05, 0.1) is 17.2 Å². The number of guanidine groups is 1. The largest absolute Gasteiger partial charge is 0.355 e. The summed E-state index contributed by atoms with van der Waals surface area (Å²) >= 11 is 1.69. The van der Waals surface area contributed by atoms with Crippen molar-refractivity contribution in [3.8, 4) is 0 Å². The molecule has 0 aliphatic heterocycles. The van der Waals surface area contributed by atoms with Gasteiger partial charge < -0.3 is 10.2 Å². The van der Waals surface area contributed by atoms with E-state index < -0.39 is 0 Å². The Balaban J connectivity index is 0.00000392. The van der Waals surface area contributed by atoms with Gasteiger partial charge in [-0.05, 0) is 32.0 Å². The second kappa shape index (κ2) is 13.1. The highest BCUT2D eigenvalue weighted by Crippen LogP contribution is 2.11. The van der Waals surface area contributed by atoms with Crippen molar-refractivity contribution < 1.29 is 0 Å². The first-order valence-electron chi connectivity index (χ1n) is 9.68. The van der Waals surface area contributed by atoms with E-state index in [9.17, 15) is 0 Å². The minimum absolute atomic E-state index is 0. The zero-order chi connectivity index (χ0) is 19.6. The van der Waals surface area contributed by atoms with Gasteiger partial charge in [-0.2, -0.15) is 0 Å². The molecule has 1 heterocycles. The van der Waals surface area contributed by atoms with Crippen LogP contribution < -0.4 is 5.32 Å². The first kappa shape index (κ1) is 24.8. The monoisotopic (exact) mass is 515 g/mol. The summed E-state index contributed by atoms with van der Waals surface area (Å²) in [4.78, 5) is 13.7. The Kier molecular flexibility index (Phi) is 11.6. The molecule has 1 unspecified atom stereocenters. The first-order chi connectivity index (χ1) is 13.1. The van der Waals surface area contributed by atoms with Crippen LogP contribution in [0.25, 0.3) is 0 Å². The Morgan fingerprint density at radius 1 is 1.21 bits per heavy atom. The zero-order valence-corrected chi connectivity index (χ0v) is 20.8. The van der Waals surface area contributed by atoms with Crippen LogP contribution in [0, 0.1) is 6.92 Å². The Labute approximate surface area is 191 Å². The summed E-state index contributed by atoms with van der Waals surface area (Å²) in [7, 11) is 3.91. The van der Waals surface area contributed by atoms with Crippen LogP contribution in [0.5, 0.6) is 0 Å². The number of aryl methyl sites for hydroxylation is 1. The minimum atomic E-state index is 0. The Bertz CT molecular complexity index is 700. The van der Waals surface area contributed by atoms with E-state index in [1.54, 1.807) is 11.3 Å². The molecular weight excluding hydrogens is 481 g/mol. The van der Waals surface area contributed by atoms with Crippen molar-refractivity contribution >= 4 is 41.3 Å². The van der Waals surface area contributed by atoms with Gasteiger partial charge >= 0.3 is 0 Å². The lowest BCUT2D eigenvalue weighted by atomic mass is 10.0. The molecule has 0 bridgehead atoms. The van der Waals surface area contributed by atoms with Gasteiger partial charge in [-0.1, -0.05) is 44.2 Å². The van der Waals surface area contributed by atoms with E-state index >= 15 is 0 Å². The molecule has 0 aliphatic rings. The van der Waals surface area contributed by atoms with Crippen LogP contribution in [-0.2, 0) is 13.0 Å². The van der Waals surface area contributed by atoms with Crippen LogP contribution in [-0.4, -0.2) is 60.5 Å². The van der Waals surface area contributed by atoms with Crippen molar-refractivity contribution in [2.75, 3.05) is 33.7 Å². The number of halogens is 1. The van der Waals surface area contributed by atoms with Gasteiger partial charge in [0.15, 0.2) is 5.96 Å². The summed E-state index contributed by atoms with van der Waals surface area (Å²) in [5.41, 5.74) is 2.46. The van der Waals surface area contributed by atoms with E-state index in [0.29, 0.717) is 6.04 Å². The lowest BCUT2D eigenvalue weighted by Gasteiger charge is -2.31. The van der Waals surface area contributed by atoms with Crippen LogP contribution >= 0.6 is 35.3 Å². The van der Waals surface area contributed by atoms with Crippen LogP contribution in [0.1, 0.15) is 30.1 Å². The molecule has 1 atom stereocenters. The fourth-order valence-electron chi connectivity index (χ4n) is 3.35. The van der Waals surface area contributed by atoms with Crippen molar-refractivity contribution in [2.45, 2.75) is 39.8 Å². The van der Waals surface area contributed by atoms with Crippen molar-refractivity contribution in [3.05, 3.63) is 52.0 Å². The molecule has 0 aliphatic carbocycles. The first-order valence-corrected chi connectivity index (χ1v) is 10.6. The summed E-state index contributed by atoms with van der Waals surface area (Å²) in [5.74, 6) is 0.908.